The molecule has 96 valence electrons. The van der Waals surface area contributed by atoms with Crippen molar-refractivity contribution in [1.82, 2.24) is 5.32 Å². The molecule has 0 unspecified atom stereocenters. The van der Waals surface area contributed by atoms with Crippen LogP contribution in [0.1, 0.15) is 12.8 Å². The molecule has 1 saturated heterocycles. The molecule has 0 spiro atoms. The predicted molar refractivity (Wildman–Crippen MR) is 56.3 cm³/mol. The molecule has 0 amide bonds. The van der Waals surface area contributed by atoms with Gasteiger partial charge in [-0.3, -0.25) is 28.8 Å². The van der Waals surface area contributed by atoms with Gasteiger partial charge in [0.1, 0.15) is 0 Å². The summed E-state index contributed by atoms with van der Waals surface area (Å²) in [6.07, 6.45) is 2.78. The first-order valence-corrected chi connectivity index (χ1v) is 3.43. The average Bonchev–Trinajstić information content (AvgIpc) is 3.10. The maximum absolute atomic E-state index is 7.50. The molecule has 0 aromatic carbocycles. The summed E-state index contributed by atoms with van der Waals surface area (Å²) in [5, 5.41) is 3.22. The predicted octanol–water partition coefficient (Wildman–Crippen LogP) is -2.02. The van der Waals surface area contributed by atoms with E-state index < -0.39 is 0 Å². The van der Waals surface area contributed by atoms with Crippen molar-refractivity contribution in [3.63, 3.8) is 0 Å². The van der Waals surface area contributed by atoms with Gasteiger partial charge in [-0.1, -0.05) is 0 Å². The second-order valence-electron chi connectivity index (χ2n) is 1.46. The van der Waals surface area contributed by atoms with Gasteiger partial charge in [-0.05, 0) is 25.9 Å². The van der Waals surface area contributed by atoms with E-state index in [1.54, 1.807) is 0 Å². The van der Waals surface area contributed by atoms with Gasteiger partial charge in [0.15, 0.2) is 0 Å². The Balaban J connectivity index is -0.0000000167. The maximum atomic E-state index is 7.50. The van der Waals surface area contributed by atoms with Gasteiger partial charge in [-0.25, -0.2) is 0 Å². The monoisotopic (exact) mass is 423 g/mol. The van der Waals surface area contributed by atoms with Crippen molar-refractivity contribution >= 4 is 40.7 Å². The first kappa shape index (κ1) is 43.8. The van der Waals surface area contributed by atoms with Crippen LogP contribution in [-0.2, 0) is 49.8 Å². The number of rotatable bonds is 0. The van der Waals surface area contributed by atoms with Gasteiger partial charge in [0.25, 0.3) is 40.7 Å². The standard InChI is InChI=1S/C4H9N.6CO.W/c1-2-4-5-3-1;6*1-2;/h5H,1-4H2;;;;;;;. The molecular formula is C10H9NO6W. The summed E-state index contributed by atoms with van der Waals surface area (Å²) in [6.45, 7) is 29.5. The van der Waals surface area contributed by atoms with E-state index in [0.29, 0.717) is 0 Å². The van der Waals surface area contributed by atoms with Crippen LogP contribution in [0.5, 0.6) is 0 Å². The van der Waals surface area contributed by atoms with Gasteiger partial charge >= 0.3 is 0 Å². The summed E-state index contributed by atoms with van der Waals surface area (Å²) in [5.41, 5.74) is 0. The summed E-state index contributed by atoms with van der Waals surface area (Å²) < 4.78 is 0. The van der Waals surface area contributed by atoms with E-state index >= 15 is 0 Å². The van der Waals surface area contributed by atoms with Crippen molar-refractivity contribution in [3.05, 3.63) is 0 Å². The third-order valence-corrected chi connectivity index (χ3v) is 0.957. The van der Waals surface area contributed by atoms with E-state index in [-0.39, 0.29) is 21.1 Å². The zero-order valence-electron chi connectivity index (χ0n) is 9.19. The third kappa shape index (κ3) is 204. The van der Waals surface area contributed by atoms with Crippen LogP contribution in [0.4, 0.5) is 0 Å². The van der Waals surface area contributed by atoms with E-state index in [2.05, 4.69) is 46.1 Å². The van der Waals surface area contributed by atoms with Crippen LogP contribution in [0, 0.1) is 0 Å². The Morgan fingerprint density at radius 2 is 0.667 bits per heavy atom. The fraction of sp³-hybridized carbons (Fsp3) is 0.400. The number of carbonyl (C=O) groups excluding carboxylic acids is 6. The van der Waals surface area contributed by atoms with Crippen LogP contribution in [-0.4, -0.2) is 53.8 Å². The fourth-order valence-electron chi connectivity index (χ4n) is 0.625. The molecule has 0 saturated carbocycles. The molecule has 0 aliphatic carbocycles. The van der Waals surface area contributed by atoms with Gasteiger partial charge in [0.05, 0.1) is 0 Å². The SMILES string of the molecule is C1CCNC1.[C]=O.[C]=O.[C]=O.[C]=O.[C]=O.[C]=O.[W]. The Morgan fingerprint density at radius 1 is 0.500 bits per heavy atom. The summed E-state index contributed by atoms with van der Waals surface area (Å²) in [5.74, 6) is 0. The molecule has 1 aliphatic heterocycles. The maximum Gasteiger partial charge on any atom is 0.281 e. The fourth-order valence-corrected chi connectivity index (χ4v) is 0.625. The Morgan fingerprint density at radius 3 is 0.722 bits per heavy atom. The van der Waals surface area contributed by atoms with Crippen LogP contribution in [0.25, 0.3) is 0 Å². The molecule has 1 fully saturated rings. The minimum atomic E-state index is 0. The van der Waals surface area contributed by atoms with Crippen LogP contribution in [0.2, 0.25) is 0 Å². The van der Waals surface area contributed by atoms with E-state index in [1.807, 2.05) is 0 Å². The Kier molecular flexibility index (Phi) is 609. The van der Waals surface area contributed by atoms with Crippen molar-refractivity contribution in [2.24, 2.45) is 0 Å². The molecule has 0 bridgehead atoms. The molecule has 1 heterocycles. The normalized spacial score (nSPS) is 8.00. The Labute approximate surface area is 122 Å². The summed E-state index contributed by atoms with van der Waals surface area (Å²) in [7, 11) is 0. The van der Waals surface area contributed by atoms with E-state index in [4.69, 9.17) is 28.8 Å². The van der Waals surface area contributed by atoms with Crippen molar-refractivity contribution < 1.29 is 49.8 Å². The van der Waals surface area contributed by atoms with Crippen LogP contribution in [0.15, 0.2) is 0 Å². The molecule has 7 nitrogen and oxygen atoms in total. The van der Waals surface area contributed by atoms with Gasteiger partial charge in [0.2, 0.25) is 0 Å². The van der Waals surface area contributed by atoms with Gasteiger partial charge in [0, 0.05) is 21.1 Å². The van der Waals surface area contributed by atoms with E-state index in [9.17, 15) is 0 Å². The second-order valence-corrected chi connectivity index (χ2v) is 1.46. The van der Waals surface area contributed by atoms with Crippen molar-refractivity contribution in [2.75, 3.05) is 13.1 Å². The van der Waals surface area contributed by atoms with Gasteiger partial charge < -0.3 is 5.32 Å². The zero-order chi connectivity index (χ0) is 15.5. The number of hydrogen-bond acceptors (Lipinski definition) is 7. The first-order chi connectivity index (χ1) is 8.50. The summed E-state index contributed by atoms with van der Waals surface area (Å²) in [6, 6.07) is 0. The first-order valence-electron chi connectivity index (χ1n) is 3.43. The molecular weight excluding hydrogens is 414 g/mol. The quantitative estimate of drug-likeness (QED) is 0.479. The Bertz CT molecular complexity index is 75.3. The number of hydrogen-bond donors (Lipinski definition) is 1. The second kappa shape index (κ2) is 251. The third-order valence-electron chi connectivity index (χ3n) is 0.957. The van der Waals surface area contributed by atoms with Gasteiger partial charge in [-0.15, -0.1) is 0 Å². The molecule has 8 heteroatoms. The minimum absolute atomic E-state index is 0. The number of nitrogens with one attached hydrogen (secondary N) is 1. The van der Waals surface area contributed by atoms with Crippen molar-refractivity contribution in [2.45, 2.75) is 12.8 Å². The molecule has 1 N–H and O–H groups in total. The minimum Gasteiger partial charge on any atom is -0.317 e. The van der Waals surface area contributed by atoms with Crippen molar-refractivity contribution in [1.29, 1.82) is 0 Å². The molecule has 0 aromatic rings. The topological polar surface area (TPSA) is 114 Å². The molecule has 0 atom stereocenters. The summed E-state index contributed by atoms with van der Waals surface area (Å²) >= 11 is 0. The molecule has 1 rings (SSSR count). The van der Waals surface area contributed by atoms with Crippen LogP contribution in [0.3, 0.4) is 0 Å². The smallest absolute Gasteiger partial charge is 0.281 e. The van der Waals surface area contributed by atoms with E-state index in [1.165, 1.54) is 25.9 Å². The van der Waals surface area contributed by atoms with Crippen LogP contribution >= 0.6 is 0 Å². The van der Waals surface area contributed by atoms with Crippen LogP contribution < -0.4 is 5.32 Å². The zero-order valence-corrected chi connectivity index (χ0v) is 12.1. The molecule has 18 heavy (non-hydrogen) atoms. The molecule has 1 aliphatic rings. The average molecular weight is 423 g/mol. The van der Waals surface area contributed by atoms with Gasteiger partial charge in [-0.2, -0.15) is 0 Å². The van der Waals surface area contributed by atoms with E-state index in [0.717, 1.165) is 0 Å². The van der Waals surface area contributed by atoms with Crippen molar-refractivity contribution in [3.8, 4) is 0 Å². The Hall–Kier alpha value is -1.33. The molecule has 0 aromatic heterocycles. The summed E-state index contributed by atoms with van der Waals surface area (Å²) in [4.78, 5) is 45.0. The molecule has 12 radical (unpaired) electrons. The largest absolute Gasteiger partial charge is 0.317 e.